The van der Waals surface area contributed by atoms with Gasteiger partial charge in [-0.3, -0.25) is 4.79 Å². The van der Waals surface area contributed by atoms with Gasteiger partial charge in [0.05, 0.1) is 18.3 Å². The van der Waals surface area contributed by atoms with Crippen LogP contribution >= 0.6 is 11.6 Å². The number of quaternary nitrogens is 1. The third kappa shape index (κ3) is 4.24. The first kappa shape index (κ1) is 17.3. The quantitative estimate of drug-likeness (QED) is 0.879. The van der Waals surface area contributed by atoms with E-state index in [4.69, 9.17) is 11.6 Å². The van der Waals surface area contributed by atoms with Gasteiger partial charge in [0.15, 0.2) is 6.04 Å². The molecule has 0 radical (unpaired) electrons. The monoisotopic (exact) mass is 343 g/mol. The van der Waals surface area contributed by atoms with Gasteiger partial charge in [-0.2, -0.15) is 13.2 Å². The first-order valence-corrected chi connectivity index (χ1v) is 7.22. The van der Waals surface area contributed by atoms with Crippen LogP contribution in [0.5, 0.6) is 0 Å². The molecule has 0 aliphatic carbocycles. The molecule has 2 aromatic rings. The summed E-state index contributed by atoms with van der Waals surface area (Å²) < 4.78 is 39.2. The van der Waals surface area contributed by atoms with Crippen molar-refractivity contribution in [3.8, 4) is 0 Å². The van der Waals surface area contributed by atoms with Crippen LogP contribution in [0.2, 0.25) is 5.02 Å². The minimum absolute atomic E-state index is 0.0445. The molecule has 1 atom stereocenters. The smallest absolute Gasteiger partial charge is 0.335 e. The van der Waals surface area contributed by atoms with E-state index in [-0.39, 0.29) is 10.7 Å². The molecule has 0 aliphatic rings. The summed E-state index contributed by atoms with van der Waals surface area (Å²) in [6.45, 7) is 0. The van der Waals surface area contributed by atoms with Gasteiger partial charge in [-0.05, 0) is 18.2 Å². The van der Waals surface area contributed by atoms with Gasteiger partial charge in [0.25, 0.3) is 5.91 Å². The second kappa shape index (κ2) is 7.02. The highest BCUT2D eigenvalue weighted by Gasteiger charge is 2.35. The molecule has 23 heavy (non-hydrogen) atoms. The number of alkyl halides is 3. The standard InChI is InChI=1S/C16H14ClF3N2O/c1-21-14(10-5-3-2-4-6-10)15(23)22-13-8-7-11(17)9-12(13)16(18,19)20/h2-9,14,21H,1H3,(H,22,23)/p+1/t14-/m1/s1. The largest absolute Gasteiger partial charge is 0.418 e. The molecule has 2 aromatic carbocycles. The summed E-state index contributed by atoms with van der Waals surface area (Å²) in [7, 11) is 1.68. The molecule has 0 bridgehead atoms. The number of halogens is 4. The van der Waals surface area contributed by atoms with Crippen molar-refractivity contribution in [2.24, 2.45) is 0 Å². The van der Waals surface area contributed by atoms with Crippen molar-refractivity contribution in [2.75, 3.05) is 12.4 Å². The summed E-state index contributed by atoms with van der Waals surface area (Å²) in [6.07, 6.45) is -4.61. The highest BCUT2D eigenvalue weighted by molar-refractivity contribution is 6.30. The van der Waals surface area contributed by atoms with Gasteiger partial charge < -0.3 is 10.6 Å². The summed E-state index contributed by atoms with van der Waals surface area (Å²) in [5, 5.41) is 3.93. The second-order valence-corrected chi connectivity index (χ2v) is 5.34. The van der Waals surface area contributed by atoms with Gasteiger partial charge >= 0.3 is 6.18 Å². The third-order valence-electron chi connectivity index (χ3n) is 3.32. The van der Waals surface area contributed by atoms with Gasteiger partial charge in [0.2, 0.25) is 0 Å². The van der Waals surface area contributed by atoms with E-state index >= 15 is 0 Å². The minimum atomic E-state index is -4.61. The van der Waals surface area contributed by atoms with E-state index in [1.165, 1.54) is 6.07 Å². The van der Waals surface area contributed by atoms with Gasteiger partial charge in [0.1, 0.15) is 0 Å². The Hall–Kier alpha value is -2.05. The zero-order valence-corrected chi connectivity index (χ0v) is 12.9. The molecule has 0 saturated heterocycles. The van der Waals surface area contributed by atoms with Crippen LogP contribution < -0.4 is 10.6 Å². The normalized spacial score (nSPS) is 12.7. The van der Waals surface area contributed by atoms with Crippen molar-refractivity contribution in [3.63, 3.8) is 0 Å². The van der Waals surface area contributed by atoms with E-state index in [0.29, 0.717) is 5.56 Å². The highest BCUT2D eigenvalue weighted by atomic mass is 35.5. The maximum absolute atomic E-state index is 13.1. The van der Waals surface area contributed by atoms with Crippen molar-refractivity contribution in [2.45, 2.75) is 12.2 Å². The fourth-order valence-corrected chi connectivity index (χ4v) is 2.40. The highest BCUT2D eigenvalue weighted by Crippen LogP contribution is 2.36. The lowest BCUT2D eigenvalue weighted by Gasteiger charge is -2.17. The minimum Gasteiger partial charge on any atom is -0.335 e. The number of hydrogen-bond acceptors (Lipinski definition) is 1. The molecule has 0 aliphatic heterocycles. The Kier molecular flexibility index (Phi) is 5.28. The number of rotatable bonds is 4. The third-order valence-corrected chi connectivity index (χ3v) is 3.55. The molecule has 0 unspecified atom stereocenters. The Balaban J connectivity index is 2.30. The maximum atomic E-state index is 13.1. The molecular formula is C16H15ClF3N2O+. The maximum Gasteiger partial charge on any atom is 0.418 e. The molecule has 0 fully saturated rings. The Labute approximate surface area is 136 Å². The lowest BCUT2D eigenvalue weighted by atomic mass is 10.1. The summed E-state index contributed by atoms with van der Waals surface area (Å²) in [6, 6.07) is 11.4. The molecule has 1 amide bonds. The van der Waals surface area contributed by atoms with Gasteiger partial charge in [0, 0.05) is 10.6 Å². The number of nitrogens with two attached hydrogens (primary N) is 1. The van der Waals surface area contributed by atoms with Crippen molar-refractivity contribution >= 4 is 23.2 Å². The van der Waals surface area contributed by atoms with Crippen LogP contribution in [0.1, 0.15) is 17.2 Å². The van der Waals surface area contributed by atoms with E-state index in [0.717, 1.165) is 12.1 Å². The van der Waals surface area contributed by atoms with Gasteiger partial charge in [-0.25, -0.2) is 0 Å². The lowest BCUT2D eigenvalue weighted by molar-refractivity contribution is -0.656. The number of benzene rings is 2. The number of carbonyl (C=O) groups excluding carboxylic acids is 1. The average Bonchev–Trinajstić information content (AvgIpc) is 2.50. The van der Waals surface area contributed by atoms with Crippen LogP contribution in [0, 0.1) is 0 Å². The number of amides is 1. The molecule has 7 heteroatoms. The number of likely N-dealkylation sites (N-methyl/N-ethyl adjacent to an activating group) is 1. The zero-order valence-electron chi connectivity index (χ0n) is 12.2. The van der Waals surface area contributed by atoms with Gasteiger partial charge in [-0.1, -0.05) is 41.9 Å². The SMILES string of the molecule is C[NH2+][C@@H](C(=O)Nc1ccc(Cl)cc1C(F)(F)F)c1ccccc1. The molecule has 3 N–H and O–H groups in total. The van der Waals surface area contributed by atoms with Crippen molar-refractivity contribution in [1.82, 2.24) is 0 Å². The van der Waals surface area contributed by atoms with Crippen LogP contribution in [0.25, 0.3) is 0 Å². The Morgan fingerprint density at radius 3 is 2.39 bits per heavy atom. The molecule has 0 spiro atoms. The molecule has 122 valence electrons. The fourth-order valence-electron chi connectivity index (χ4n) is 2.23. The van der Waals surface area contributed by atoms with E-state index in [1.54, 1.807) is 42.7 Å². The Bertz CT molecular complexity index is 689. The van der Waals surface area contributed by atoms with Gasteiger partial charge in [-0.15, -0.1) is 0 Å². The van der Waals surface area contributed by atoms with Crippen LogP contribution in [0.3, 0.4) is 0 Å². The first-order chi connectivity index (χ1) is 10.8. The topological polar surface area (TPSA) is 45.7 Å². The van der Waals surface area contributed by atoms with Crippen LogP contribution in [-0.2, 0) is 11.0 Å². The number of carbonyl (C=O) groups is 1. The summed E-state index contributed by atoms with van der Waals surface area (Å²) in [5.41, 5.74) is -0.578. The lowest BCUT2D eigenvalue weighted by Crippen LogP contribution is -2.83. The Morgan fingerprint density at radius 2 is 1.83 bits per heavy atom. The number of anilines is 1. The summed E-state index contributed by atoms with van der Waals surface area (Å²) >= 11 is 5.63. The predicted molar refractivity (Wildman–Crippen MR) is 82.1 cm³/mol. The summed E-state index contributed by atoms with van der Waals surface area (Å²) in [4.78, 5) is 12.4. The fraction of sp³-hybridized carbons (Fsp3) is 0.188. The van der Waals surface area contributed by atoms with E-state index in [9.17, 15) is 18.0 Å². The molecule has 0 heterocycles. The number of nitrogens with one attached hydrogen (secondary N) is 1. The number of hydrogen-bond donors (Lipinski definition) is 2. The molecule has 3 nitrogen and oxygen atoms in total. The predicted octanol–water partition coefficient (Wildman–Crippen LogP) is 3.23. The molecule has 0 aromatic heterocycles. The molecule has 0 saturated carbocycles. The first-order valence-electron chi connectivity index (χ1n) is 6.85. The van der Waals surface area contributed by atoms with Crippen LogP contribution in [0.4, 0.5) is 18.9 Å². The van der Waals surface area contributed by atoms with Crippen LogP contribution in [0.15, 0.2) is 48.5 Å². The zero-order chi connectivity index (χ0) is 17.0. The van der Waals surface area contributed by atoms with Crippen LogP contribution in [-0.4, -0.2) is 13.0 Å². The van der Waals surface area contributed by atoms with Crippen molar-refractivity contribution in [3.05, 3.63) is 64.7 Å². The molecular weight excluding hydrogens is 329 g/mol. The Morgan fingerprint density at radius 1 is 1.17 bits per heavy atom. The summed E-state index contributed by atoms with van der Waals surface area (Å²) in [5.74, 6) is -0.536. The van der Waals surface area contributed by atoms with Crippen molar-refractivity contribution < 1.29 is 23.3 Å². The van der Waals surface area contributed by atoms with Crippen molar-refractivity contribution in [1.29, 1.82) is 0 Å². The van der Waals surface area contributed by atoms with E-state index in [1.807, 2.05) is 0 Å². The van der Waals surface area contributed by atoms with E-state index < -0.39 is 23.7 Å². The second-order valence-electron chi connectivity index (χ2n) is 4.90. The molecule has 2 rings (SSSR count). The average molecular weight is 344 g/mol. The van der Waals surface area contributed by atoms with E-state index in [2.05, 4.69) is 5.32 Å².